The molecule has 1 fully saturated rings. The van der Waals surface area contributed by atoms with Gasteiger partial charge in [-0.25, -0.2) is 5.01 Å². The zero-order valence-electron chi connectivity index (χ0n) is 12.1. The quantitative estimate of drug-likeness (QED) is 0.621. The number of nitro groups is 1. The minimum atomic E-state index is -0.452. The molecule has 0 saturated carbocycles. The second-order valence-electron chi connectivity index (χ2n) is 4.97. The zero-order chi connectivity index (χ0) is 15.4. The first kappa shape index (κ1) is 15.2. The fourth-order valence-corrected chi connectivity index (χ4v) is 2.16. The Hall–Kier alpha value is -2.19. The second kappa shape index (κ2) is 6.51. The molecule has 2 rings (SSSR count). The number of nitro benzene ring substituents is 1. The van der Waals surface area contributed by atoms with Crippen molar-refractivity contribution in [3.05, 3.63) is 33.9 Å². The van der Waals surface area contributed by atoms with E-state index in [1.165, 1.54) is 25.2 Å². The lowest BCUT2D eigenvalue weighted by Crippen LogP contribution is -2.47. The Kier molecular flexibility index (Phi) is 4.71. The van der Waals surface area contributed by atoms with Gasteiger partial charge in [0.25, 0.3) is 11.6 Å². The van der Waals surface area contributed by atoms with E-state index in [-0.39, 0.29) is 11.6 Å². The number of anilines is 1. The van der Waals surface area contributed by atoms with Gasteiger partial charge in [0.1, 0.15) is 5.69 Å². The van der Waals surface area contributed by atoms with Crippen LogP contribution in [0.5, 0.6) is 0 Å². The van der Waals surface area contributed by atoms with Crippen LogP contribution in [0.3, 0.4) is 0 Å². The van der Waals surface area contributed by atoms with E-state index in [2.05, 4.69) is 15.6 Å². The van der Waals surface area contributed by atoms with Crippen LogP contribution in [-0.2, 0) is 0 Å². The summed E-state index contributed by atoms with van der Waals surface area (Å²) in [5.74, 6) is -0.272. The maximum atomic E-state index is 11.7. The molecule has 1 saturated heterocycles. The molecule has 0 aliphatic carbocycles. The van der Waals surface area contributed by atoms with Crippen molar-refractivity contribution in [2.45, 2.75) is 0 Å². The molecule has 114 valence electrons. The number of piperazine rings is 1. The van der Waals surface area contributed by atoms with Crippen molar-refractivity contribution >= 4 is 17.3 Å². The van der Waals surface area contributed by atoms with E-state index in [0.717, 1.165) is 26.2 Å². The van der Waals surface area contributed by atoms with E-state index in [4.69, 9.17) is 0 Å². The Morgan fingerprint density at radius 1 is 1.29 bits per heavy atom. The van der Waals surface area contributed by atoms with Gasteiger partial charge in [-0.15, -0.1) is 0 Å². The number of nitrogens with zero attached hydrogens (tertiary/aromatic N) is 3. The first-order chi connectivity index (χ1) is 10.0. The van der Waals surface area contributed by atoms with Crippen molar-refractivity contribution in [1.29, 1.82) is 0 Å². The van der Waals surface area contributed by atoms with Crippen LogP contribution in [0.15, 0.2) is 18.2 Å². The van der Waals surface area contributed by atoms with Gasteiger partial charge < -0.3 is 15.6 Å². The highest BCUT2D eigenvalue weighted by molar-refractivity contribution is 5.95. The van der Waals surface area contributed by atoms with Crippen LogP contribution < -0.4 is 10.7 Å². The summed E-state index contributed by atoms with van der Waals surface area (Å²) in [5.41, 5.74) is 3.74. The number of carbonyl (C=O) groups excluding carboxylic acids is 1. The van der Waals surface area contributed by atoms with Crippen molar-refractivity contribution in [1.82, 2.24) is 15.2 Å². The van der Waals surface area contributed by atoms with E-state index in [1.807, 2.05) is 12.1 Å². The smallest absolute Gasteiger partial charge is 0.293 e. The van der Waals surface area contributed by atoms with Crippen LogP contribution >= 0.6 is 0 Å². The fraction of sp³-hybridized carbons (Fsp3) is 0.462. The summed E-state index contributed by atoms with van der Waals surface area (Å²) in [5, 5.41) is 15.5. The third kappa shape index (κ3) is 3.67. The van der Waals surface area contributed by atoms with E-state index in [9.17, 15) is 14.9 Å². The molecule has 1 heterocycles. The van der Waals surface area contributed by atoms with E-state index in [1.54, 1.807) is 0 Å². The van der Waals surface area contributed by atoms with Gasteiger partial charge in [-0.05, 0) is 19.2 Å². The predicted molar refractivity (Wildman–Crippen MR) is 79.2 cm³/mol. The highest BCUT2D eigenvalue weighted by Crippen LogP contribution is 2.26. The number of hydrogen-bond donors (Lipinski definition) is 2. The molecule has 1 aliphatic rings. The van der Waals surface area contributed by atoms with Crippen LogP contribution in [0.25, 0.3) is 0 Å². The Bertz CT molecular complexity index is 541. The number of hydrazine groups is 1. The molecule has 0 spiro atoms. The lowest BCUT2D eigenvalue weighted by Gasteiger charge is -2.32. The average molecular weight is 293 g/mol. The maximum absolute atomic E-state index is 11.7. The largest absolute Gasteiger partial charge is 0.355 e. The molecule has 8 nitrogen and oxygen atoms in total. The van der Waals surface area contributed by atoms with Gasteiger partial charge in [0.15, 0.2) is 0 Å². The average Bonchev–Trinajstić information content (AvgIpc) is 2.48. The molecule has 0 bridgehead atoms. The molecule has 21 heavy (non-hydrogen) atoms. The van der Waals surface area contributed by atoms with Gasteiger partial charge in [0, 0.05) is 44.9 Å². The molecule has 0 unspecified atom stereocenters. The van der Waals surface area contributed by atoms with Crippen molar-refractivity contribution in [3.63, 3.8) is 0 Å². The standard InChI is InChI=1S/C13H19N5O3/c1-14-13(19)10-3-4-12(18(20)21)11(9-10)15-17-7-5-16(2)6-8-17/h3-4,9,15H,5-8H2,1-2H3,(H,14,19). The number of benzene rings is 1. The van der Waals surface area contributed by atoms with Crippen LogP contribution in [0.2, 0.25) is 0 Å². The highest BCUT2D eigenvalue weighted by atomic mass is 16.6. The molecule has 1 aliphatic heterocycles. The maximum Gasteiger partial charge on any atom is 0.293 e. The normalized spacial score (nSPS) is 16.5. The Morgan fingerprint density at radius 3 is 2.52 bits per heavy atom. The van der Waals surface area contributed by atoms with Gasteiger partial charge in [-0.3, -0.25) is 14.9 Å². The number of likely N-dealkylation sites (N-methyl/N-ethyl adjacent to an activating group) is 1. The number of nitrogens with one attached hydrogen (secondary N) is 2. The summed E-state index contributed by atoms with van der Waals surface area (Å²) in [6.07, 6.45) is 0. The number of rotatable bonds is 4. The van der Waals surface area contributed by atoms with Crippen LogP contribution in [-0.4, -0.2) is 61.0 Å². The van der Waals surface area contributed by atoms with Crippen LogP contribution in [0, 0.1) is 10.1 Å². The Labute approximate surface area is 122 Å². The molecule has 8 heteroatoms. The third-order valence-corrected chi connectivity index (χ3v) is 3.46. The van der Waals surface area contributed by atoms with E-state index in [0.29, 0.717) is 11.3 Å². The topological polar surface area (TPSA) is 90.7 Å². The van der Waals surface area contributed by atoms with Gasteiger partial charge >= 0.3 is 0 Å². The zero-order valence-corrected chi connectivity index (χ0v) is 12.1. The molecule has 0 aromatic heterocycles. The minimum Gasteiger partial charge on any atom is -0.355 e. The molecular weight excluding hydrogens is 274 g/mol. The molecule has 0 atom stereocenters. The van der Waals surface area contributed by atoms with Crippen molar-refractivity contribution < 1.29 is 9.72 Å². The van der Waals surface area contributed by atoms with Crippen LogP contribution in [0.4, 0.5) is 11.4 Å². The molecule has 2 N–H and O–H groups in total. The summed E-state index contributed by atoms with van der Waals surface area (Å²) in [4.78, 5) is 24.5. The monoisotopic (exact) mass is 293 g/mol. The SMILES string of the molecule is CNC(=O)c1ccc([N+](=O)[O-])c(NN2CCN(C)CC2)c1. The molecule has 1 amide bonds. The van der Waals surface area contributed by atoms with E-state index >= 15 is 0 Å². The first-order valence-electron chi connectivity index (χ1n) is 6.72. The first-order valence-corrected chi connectivity index (χ1v) is 6.72. The Morgan fingerprint density at radius 2 is 1.95 bits per heavy atom. The summed E-state index contributed by atoms with van der Waals surface area (Å²) in [6.45, 7) is 3.29. The second-order valence-corrected chi connectivity index (χ2v) is 4.97. The van der Waals surface area contributed by atoms with Crippen molar-refractivity contribution in [2.24, 2.45) is 0 Å². The summed E-state index contributed by atoms with van der Waals surface area (Å²) >= 11 is 0. The lowest BCUT2D eigenvalue weighted by atomic mass is 10.1. The van der Waals surface area contributed by atoms with Gasteiger partial charge in [-0.2, -0.15) is 0 Å². The van der Waals surface area contributed by atoms with Crippen molar-refractivity contribution in [2.75, 3.05) is 45.7 Å². The van der Waals surface area contributed by atoms with E-state index < -0.39 is 4.92 Å². The number of amides is 1. The van der Waals surface area contributed by atoms with Gasteiger partial charge in [-0.1, -0.05) is 0 Å². The number of carbonyl (C=O) groups is 1. The molecule has 1 aromatic carbocycles. The van der Waals surface area contributed by atoms with Crippen LogP contribution in [0.1, 0.15) is 10.4 Å². The lowest BCUT2D eigenvalue weighted by molar-refractivity contribution is -0.384. The summed E-state index contributed by atoms with van der Waals surface area (Å²) in [6, 6.07) is 4.31. The minimum absolute atomic E-state index is 0.0402. The number of hydrogen-bond acceptors (Lipinski definition) is 6. The van der Waals surface area contributed by atoms with Gasteiger partial charge in [0.05, 0.1) is 4.92 Å². The molecule has 0 radical (unpaired) electrons. The predicted octanol–water partition coefficient (Wildman–Crippen LogP) is 0.529. The summed E-state index contributed by atoms with van der Waals surface area (Å²) in [7, 11) is 3.56. The molecular formula is C13H19N5O3. The third-order valence-electron chi connectivity index (χ3n) is 3.46. The van der Waals surface area contributed by atoms with Crippen molar-refractivity contribution in [3.8, 4) is 0 Å². The highest BCUT2D eigenvalue weighted by Gasteiger charge is 2.20. The Balaban J connectivity index is 2.22. The summed E-state index contributed by atoms with van der Waals surface area (Å²) < 4.78 is 0. The fourth-order valence-electron chi connectivity index (χ4n) is 2.16. The molecule has 1 aromatic rings. The van der Waals surface area contributed by atoms with Gasteiger partial charge in [0.2, 0.25) is 0 Å².